The first-order valence-electron chi connectivity index (χ1n) is 12.2. The Kier molecular flexibility index (Phi) is 7.40. The van der Waals surface area contributed by atoms with Crippen LogP contribution in [0.5, 0.6) is 0 Å². The van der Waals surface area contributed by atoms with Gasteiger partial charge in [-0.1, -0.05) is 20.8 Å². The Labute approximate surface area is 200 Å². The monoisotopic (exact) mass is 462 g/mol. The van der Waals surface area contributed by atoms with E-state index in [9.17, 15) is 4.79 Å². The van der Waals surface area contributed by atoms with Gasteiger partial charge >= 0.3 is 0 Å². The summed E-state index contributed by atoms with van der Waals surface area (Å²) in [5.74, 6) is 0.183. The zero-order valence-electron chi connectivity index (χ0n) is 20.2. The van der Waals surface area contributed by atoms with Gasteiger partial charge < -0.3 is 11.1 Å². The third kappa shape index (κ3) is 4.88. The van der Waals surface area contributed by atoms with Gasteiger partial charge in [0.25, 0.3) is 0 Å². The second-order valence-corrected chi connectivity index (χ2v) is 8.83. The molecule has 3 N–H and O–H groups in total. The Bertz CT molecular complexity index is 1180. The zero-order chi connectivity index (χ0) is 24.1. The van der Waals surface area contributed by atoms with Crippen molar-refractivity contribution in [1.29, 1.82) is 0 Å². The molecule has 9 heteroatoms. The zero-order valence-corrected chi connectivity index (χ0v) is 20.2. The predicted octanol–water partition coefficient (Wildman–Crippen LogP) is 3.63. The van der Waals surface area contributed by atoms with Crippen LogP contribution in [0.3, 0.4) is 0 Å². The van der Waals surface area contributed by atoms with Crippen molar-refractivity contribution in [2.75, 3.05) is 6.54 Å². The molecule has 0 radical (unpaired) electrons. The number of nitrogens with two attached hydrogens (primary N) is 1. The summed E-state index contributed by atoms with van der Waals surface area (Å²) in [5, 5.41) is 12.0. The quantitative estimate of drug-likeness (QED) is 0.447. The van der Waals surface area contributed by atoms with Gasteiger partial charge in [0.2, 0.25) is 5.91 Å². The van der Waals surface area contributed by atoms with Gasteiger partial charge in [-0.15, -0.1) is 0 Å². The first-order valence-corrected chi connectivity index (χ1v) is 12.2. The van der Waals surface area contributed by atoms with Crippen LogP contribution < -0.4 is 11.1 Å². The summed E-state index contributed by atoms with van der Waals surface area (Å²) in [5.41, 5.74) is 10.0. The van der Waals surface area contributed by atoms with Crippen LogP contribution >= 0.6 is 0 Å². The van der Waals surface area contributed by atoms with Gasteiger partial charge in [-0.25, -0.2) is 9.50 Å². The standard InChI is InChI=1S/C25H34N8O/c1-4-8-27-25(34)17-10-20(11-17)28-13-18(12-26)22-16-33-23(7-9-29-33)24(31-22)19-14-30-32(15-19)21(5-2)6-3/h7,9,12-17,20-21H,4-6,8,10-11,26H2,1-3H3,(H,27,34). The number of amides is 1. The number of nitrogens with one attached hydrogen (secondary N) is 1. The summed E-state index contributed by atoms with van der Waals surface area (Å²) in [6, 6.07) is 2.43. The molecule has 0 aliphatic heterocycles. The number of nitrogens with zero attached hydrogens (tertiary/aromatic N) is 6. The average Bonchev–Trinajstić information content (AvgIpc) is 3.49. The summed E-state index contributed by atoms with van der Waals surface area (Å²) in [6.45, 7) is 7.12. The van der Waals surface area contributed by atoms with Crippen LogP contribution in [0.2, 0.25) is 0 Å². The van der Waals surface area contributed by atoms with Gasteiger partial charge in [0.15, 0.2) is 0 Å². The lowest BCUT2D eigenvalue weighted by molar-refractivity contribution is -0.127. The highest BCUT2D eigenvalue weighted by Gasteiger charge is 2.33. The molecule has 9 nitrogen and oxygen atoms in total. The van der Waals surface area contributed by atoms with E-state index in [1.165, 1.54) is 6.20 Å². The van der Waals surface area contributed by atoms with Crippen LogP contribution in [-0.2, 0) is 4.79 Å². The molecule has 0 unspecified atom stereocenters. The van der Waals surface area contributed by atoms with E-state index in [4.69, 9.17) is 10.7 Å². The number of aliphatic imine (C=N–C) groups is 1. The van der Waals surface area contributed by atoms with Crippen molar-refractivity contribution in [3.05, 3.63) is 42.7 Å². The van der Waals surface area contributed by atoms with Gasteiger partial charge in [-0.3, -0.25) is 14.5 Å². The van der Waals surface area contributed by atoms with Crippen molar-refractivity contribution >= 4 is 23.2 Å². The van der Waals surface area contributed by atoms with E-state index in [1.54, 1.807) is 16.9 Å². The minimum Gasteiger partial charge on any atom is -0.404 e. The molecule has 0 spiro atoms. The van der Waals surface area contributed by atoms with Crippen LogP contribution in [0.15, 0.2) is 42.0 Å². The van der Waals surface area contributed by atoms with Crippen molar-refractivity contribution in [3.8, 4) is 11.3 Å². The van der Waals surface area contributed by atoms with Crippen molar-refractivity contribution in [1.82, 2.24) is 29.7 Å². The fourth-order valence-corrected chi connectivity index (χ4v) is 4.30. The summed E-state index contributed by atoms with van der Waals surface area (Å²) >= 11 is 0. The Balaban J connectivity index is 1.54. The van der Waals surface area contributed by atoms with E-state index in [1.807, 2.05) is 30.1 Å². The molecule has 0 atom stereocenters. The van der Waals surface area contributed by atoms with E-state index in [0.717, 1.165) is 55.4 Å². The number of carbonyl (C=O) groups excluding carboxylic acids is 1. The second-order valence-electron chi connectivity index (χ2n) is 8.83. The first kappa shape index (κ1) is 23.7. The molecule has 1 aliphatic rings. The number of hydrogen-bond acceptors (Lipinski definition) is 6. The molecule has 1 saturated carbocycles. The predicted molar refractivity (Wildman–Crippen MR) is 134 cm³/mol. The van der Waals surface area contributed by atoms with E-state index in [0.29, 0.717) is 17.3 Å². The maximum atomic E-state index is 12.1. The maximum absolute atomic E-state index is 12.1. The number of rotatable bonds is 10. The molecular weight excluding hydrogens is 428 g/mol. The molecule has 180 valence electrons. The Hall–Kier alpha value is -3.49. The Morgan fingerprint density at radius 3 is 2.76 bits per heavy atom. The molecule has 1 aliphatic carbocycles. The van der Waals surface area contributed by atoms with E-state index in [2.05, 4.69) is 40.6 Å². The average molecular weight is 463 g/mol. The second kappa shape index (κ2) is 10.6. The fraction of sp³-hybridized carbons (Fsp3) is 0.480. The highest BCUT2D eigenvalue weighted by atomic mass is 16.1. The largest absolute Gasteiger partial charge is 0.404 e. The lowest BCUT2D eigenvalue weighted by Crippen LogP contribution is -2.40. The SMILES string of the molecule is CCCNC(=O)C1CC(N=CC(=CN)c2cn3nccc3c(-c3cnn(C(CC)CC)c3)n2)C1. The van der Waals surface area contributed by atoms with Gasteiger partial charge in [0.1, 0.15) is 0 Å². The molecule has 1 amide bonds. The molecule has 3 heterocycles. The smallest absolute Gasteiger partial charge is 0.223 e. The van der Waals surface area contributed by atoms with Crippen molar-refractivity contribution in [2.24, 2.45) is 16.6 Å². The number of allylic oxidation sites excluding steroid dienone is 1. The number of carbonyl (C=O) groups is 1. The van der Waals surface area contributed by atoms with Gasteiger partial charge in [-0.05, 0) is 38.2 Å². The molecule has 34 heavy (non-hydrogen) atoms. The molecule has 0 bridgehead atoms. The normalized spacial score (nSPS) is 18.6. The van der Waals surface area contributed by atoms with Gasteiger partial charge in [0.05, 0.1) is 47.6 Å². The molecule has 4 rings (SSSR count). The highest BCUT2D eigenvalue weighted by Crippen LogP contribution is 2.31. The van der Waals surface area contributed by atoms with Crippen molar-refractivity contribution in [2.45, 2.75) is 65.0 Å². The molecular formula is C25H34N8O. The minimum atomic E-state index is 0.0516. The lowest BCUT2D eigenvalue weighted by Gasteiger charge is -2.31. The van der Waals surface area contributed by atoms with Gasteiger partial charge in [-0.2, -0.15) is 10.2 Å². The van der Waals surface area contributed by atoms with Gasteiger partial charge in [0, 0.05) is 42.2 Å². The lowest BCUT2D eigenvalue weighted by atomic mass is 9.80. The fourth-order valence-electron chi connectivity index (χ4n) is 4.30. The van der Waals surface area contributed by atoms with E-state index >= 15 is 0 Å². The molecule has 3 aromatic heterocycles. The first-order chi connectivity index (χ1) is 16.6. The maximum Gasteiger partial charge on any atom is 0.223 e. The van der Waals surface area contributed by atoms with Crippen molar-refractivity contribution < 1.29 is 4.79 Å². The van der Waals surface area contributed by atoms with E-state index in [-0.39, 0.29) is 17.9 Å². The summed E-state index contributed by atoms with van der Waals surface area (Å²) in [6.07, 6.45) is 15.3. The molecule has 0 saturated heterocycles. The Morgan fingerprint density at radius 2 is 2.06 bits per heavy atom. The number of aromatic nitrogens is 5. The number of hydrogen-bond donors (Lipinski definition) is 2. The van der Waals surface area contributed by atoms with Crippen LogP contribution in [0.25, 0.3) is 22.3 Å². The number of fused-ring (bicyclic) bond motifs is 1. The van der Waals surface area contributed by atoms with Crippen molar-refractivity contribution in [3.63, 3.8) is 0 Å². The summed E-state index contributed by atoms with van der Waals surface area (Å²) in [7, 11) is 0. The highest BCUT2D eigenvalue weighted by molar-refractivity contribution is 6.09. The van der Waals surface area contributed by atoms with Crippen LogP contribution in [0, 0.1) is 5.92 Å². The summed E-state index contributed by atoms with van der Waals surface area (Å²) in [4.78, 5) is 21.7. The minimum absolute atomic E-state index is 0.0516. The van der Waals surface area contributed by atoms with E-state index < -0.39 is 0 Å². The third-order valence-corrected chi connectivity index (χ3v) is 6.51. The Morgan fingerprint density at radius 1 is 1.26 bits per heavy atom. The topological polar surface area (TPSA) is 115 Å². The van der Waals surface area contributed by atoms with Crippen LogP contribution in [-0.4, -0.2) is 49.1 Å². The molecule has 3 aromatic rings. The van der Waals surface area contributed by atoms with Crippen LogP contribution in [0.4, 0.5) is 0 Å². The summed E-state index contributed by atoms with van der Waals surface area (Å²) < 4.78 is 3.82. The molecule has 1 fully saturated rings. The third-order valence-electron chi connectivity index (χ3n) is 6.51. The molecule has 0 aromatic carbocycles. The van der Waals surface area contributed by atoms with Crippen LogP contribution in [0.1, 0.15) is 64.6 Å².